The molecule has 4 saturated carbocycles. The molecule has 7 atom stereocenters. The molecule has 6 rings (SSSR count). The van der Waals surface area contributed by atoms with Gasteiger partial charge in [-0.05, 0) is 100 Å². The number of nitrogens with zero attached hydrogens (tertiary/aromatic N) is 3. The number of allylic oxidation sites excluding steroid dienone is 1. The summed E-state index contributed by atoms with van der Waals surface area (Å²) in [6, 6.07) is -1.55. The van der Waals surface area contributed by atoms with Gasteiger partial charge in [0.15, 0.2) is 11.6 Å². The largest absolute Gasteiger partial charge is 0.345 e. The highest BCUT2D eigenvalue weighted by Gasteiger charge is 2.85. The molecule has 2 spiro atoms. The van der Waals surface area contributed by atoms with Crippen molar-refractivity contribution < 1.29 is 32.4 Å². The minimum Gasteiger partial charge on any atom is -0.345 e. The average molecular weight is 842 g/mol. The number of nitrogens with one attached hydrogen (secondary N) is 2. The average Bonchev–Trinajstić information content (AvgIpc) is 3.91. The summed E-state index contributed by atoms with van der Waals surface area (Å²) >= 11 is 0. The Bertz CT molecular complexity index is 1750. The fourth-order valence-electron chi connectivity index (χ4n) is 12.8. The Hall–Kier alpha value is -2.64. The molecular formula is C46H75N5O7S. The van der Waals surface area contributed by atoms with Gasteiger partial charge in [0, 0.05) is 49.9 Å². The number of ketones is 2. The van der Waals surface area contributed by atoms with Crippen molar-refractivity contribution in [3.8, 4) is 0 Å². The Morgan fingerprint density at radius 2 is 1.51 bits per heavy atom. The number of fused-ring (bicyclic) bond motifs is 1. The summed E-state index contributed by atoms with van der Waals surface area (Å²) in [6.07, 6.45) is 13.0. The van der Waals surface area contributed by atoms with Crippen molar-refractivity contribution in [2.24, 2.45) is 45.3 Å². The number of amides is 3. The van der Waals surface area contributed by atoms with E-state index in [2.05, 4.69) is 49.2 Å². The Labute approximate surface area is 355 Å². The fourth-order valence-corrected chi connectivity index (χ4v) is 14.0. The smallest absolute Gasteiger partial charge is 0.303 e. The molecule has 332 valence electrons. The standard InChI is InChI=1S/C46H75N5O7S/c1-10-33-26-44(33,42(56)48-59(57,58)49(11-2)12-3)28-38(53)36-27-46(43(8,9)45(46)22-18-23-45)29-51(36)41(55)34(30(4)5)25-37(52)39(32-19-14-13-15-20-32)47-40(54)35-21-16-17-24-50(35)31(6)7/h10,30-36,39H,1,11-29H2,2-9H3,(H,47,54)(H,48,56)/t33-,34+,35+,36+,39+,44-,46-/m1/s1. The highest BCUT2D eigenvalue weighted by Crippen LogP contribution is 2.88. The van der Waals surface area contributed by atoms with Crippen LogP contribution in [-0.4, -0.2) is 102 Å². The third kappa shape index (κ3) is 8.00. The number of Topliss-reactive ketones (excluding diaryl/α,β-unsaturated/α-hetero) is 2. The maximum absolute atomic E-state index is 15.2. The lowest BCUT2D eigenvalue weighted by Crippen LogP contribution is -2.57. The van der Waals surface area contributed by atoms with Crippen LogP contribution in [0.25, 0.3) is 0 Å². The summed E-state index contributed by atoms with van der Waals surface area (Å²) in [4.78, 5) is 76.6. The summed E-state index contributed by atoms with van der Waals surface area (Å²) < 4.78 is 29.8. The van der Waals surface area contributed by atoms with E-state index in [0.29, 0.717) is 19.4 Å². The number of hydrogen-bond acceptors (Lipinski definition) is 8. The highest BCUT2D eigenvalue weighted by atomic mass is 32.2. The van der Waals surface area contributed by atoms with Gasteiger partial charge in [-0.1, -0.05) is 79.7 Å². The van der Waals surface area contributed by atoms with Crippen LogP contribution in [0.3, 0.4) is 0 Å². The van der Waals surface area contributed by atoms with E-state index in [1.165, 1.54) is 4.31 Å². The number of carbonyl (C=O) groups is 5. The molecule has 0 unspecified atom stereocenters. The molecule has 3 amide bonds. The molecule has 6 fully saturated rings. The van der Waals surface area contributed by atoms with Crippen molar-refractivity contribution in [3.05, 3.63) is 12.7 Å². The normalized spacial score (nSPS) is 31.2. The summed E-state index contributed by atoms with van der Waals surface area (Å²) in [5.74, 6) is -2.64. The number of likely N-dealkylation sites (tertiary alicyclic amines) is 2. The van der Waals surface area contributed by atoms with Crippen LogP contribution in [0, 0.1) is 45.3 Å². The van der Waals surface area contributed by atoms with E-state index in [9.17, 15) is 27.6 Å². The number of rotatable bonds is 18. The molecule has 13 heteroatoms. The summed E-state index contributed by atoms with van der Waals surface area (Å²) in [7, 11) is -4.12. The second kappa shape index (κ2) is 17.3. The Morgan fingerprint density at radius 3 is 2.03 bits per heavy atom. The van der Waals surface area contributed by atoms with Crippen LogP contribution in [0.4, 0.5) is 0 Å². The molecule has 0 aromatic carbocycles. The van der Waals surface area contributed by atoms with E-state index < -0.39 is 39.5 Å². The molecule has 2 saturated heterocycles. The van der Waals surface area contributed by atoms with Gasteiger partial charge in [-0.2, -0.15) is 12.7 Å². The molecule has 0 bridgehead atoms. The van der Waals surface area contributed by atoms with Crippen molar-refractivity contribution in [2.45, 2.75) is 176 Å². The Balaban J connectivity index is 1.26. The van der Waals surface area contributed by atoms with Crippen molar-refractivity contribution in [2.75, 3.05) is 26.2 Å². The van der Waals surface area contributed by atoms with Crippen LogP contribution in [-0.2, 0) is 34.2 Å². The predicted octanol–water partition coefficient (Wildman–Crippen LogP) is 6.20. The lowest BCUT2D eigenvalue weighted by Gasteiger charge is -2.39. The van der Waals surface area contributed by atoms with E-state index in [-0.39, 0.29) is 95.4 Å². The molecule has 2 N–H and O–H groups in total. The van der Waals surface area contributed by atoms with Gasteiger partial charge in [-0.25, -0.2) is 4.72 Å². The summed E-state index contributed by atoms with van der Waals surface area (Å²) in [5.41, 5.74) is -1.58. The Kier molecular flexibility index (Phi) is 13.4. The molecule has 0 aromatic rings. The number of carbonyl (C=O) groups excluding carboxylic acids is 5. The molecule has 0 aromatic heterocycles. The first-order valence-electron chi connectivity index (χ1n) is 23.1. The predicted molar refractivity (Wildman–Crippen MR) is 229 cm³/mol. The first kappa shape index (κ1) is 45.9. The quantitative estimate of drug-likeness (QED) is 0.155. The van der Waals surface area contributed by atoms with Gasteiger partial charge in [0.1, 0.15) is 0 Å². The third-order valence-corrected chi connectivity index (χ3v) is 18.6. The van der Waals surface area contributed by atoms with Crippen LogP contribution in [0.15, 0.2) is 12.7 Å². The number of hydrogen-bond donors (Lipinski definition) is 2. The molecule has 2 aliphatic heterocycles. The molecule has 2 heterocycles. The topological polar surface area (TPSA) is 153 Å². The lowest BCUT2D eigenvalue weighted by atomic mass is 9.73. The zero-order valence-corrected chi connectivity index (χ0v) is 38.3. The van der Waals surface area contributed by atoms with Gasteiger partial charge >= 0.3 is 10.2 Å². The van der Waals surface area contributed by atoms with Crippen molar-refractivity contribution in [3.63, 3.8) is 0 Å². The molecular weight excluding hydrogens is 767 g/mol. The van der Waals surface area contributed by atoms with Gasteiger partial charge < -0.3 is 10.2 Å². The summed E-state index contributed by atoms with van der Waals surface area (Å²) in [5, 5.41) is 3.26. The summed E-state index contributed by atoms with van der Waals surface area (Å²) in [6.45, 7) is 21.6. The molecule has 6 aliphatic rings. The lowest BCUT2D eigenvalue weighted by molar-refractivity contribution is -0.145. The third-order valence-electron chi connectivity index (χ3n) is 16.9. The van der Waals surface area contributed by atoms with E-state index >= 15 is 4.79 Å². The van der Waals surface area contributed by atoms with Crippen LogP contribution in [0.2, 0.25) is 0 Å². The van der Waals surface area contributed by atoms with Crippen LogP contribution in [0.5, 0.6) is 0 Å². The molecule has 0 radical (unpaired) electrons. The second-order valence-electron chi connectivity index (χ2n) is 20.4. The minimum atomic E-state index is -4.12. The molecule has 59 heavy (non-hydrogen) atoms. The number of piperidine rings is 1. The van der Waals surface area contributed by atoms with E-state index in [4.69, 9.17) is 0 Å². The zero-order valence-electron chi connectivity index (χ0n) is 37.4. The first-order chi connectivity index (χ1) is 27.8. The van der Waals surface area contributed by atoms with Gasteiger partial charge in [0.2, 0.25) is 17.7 Å². The van der Waals surface area contributed by atoms with Crippen LogP contribution in [0.1, 0.15) is 152 Å². The minimum absolute atomic E-state index is 0.0126. The van der Waals surface area contributed by atoms with Gasteiger partial charge in [-0.3, -0.25) is 28.9 Å². The van der Waals surface area contributed by atoms with Crippen molar-refractivity contribution in [1.82, 2.24) is 24.1 Å². The monoisotopic (exact) mass is 842 g/mol. The SMILES string of the molecule is C=C[C@@H]1C[C@]1(CC(=O)[C@@H]1C[C@@]2(CN1C(=O)[C@@H](CC(=O)[C@@H](NC(=O)[C@@H]1CCCCN1C(C)C)C1CCCCC1)C(C)C)C(C)(C)C21CCC1)C(=O)NS(=O)(=O)N(CC)CC. The van der Waals surface area contributed by atoms with Crippen molar-refractivity contribution >= 4 is 39.5 Å². The zero-order chi connectivity index (χ0) is 43.3. The first-order valence-corrected chi connectivity index (χ1v) is 24.6. The maximum Gasteiger partial charge on any atom is 0.303 e. The second-order valence-corrected chi connectivity index (χ2v) is 22.1. The van der Waals surface area contributed by atoms with E-state index in [0.717, 1.165) is 77.2 Å². The van der Waals surface area contributed by atoms with E-state index in [1.54, 1.807) is 24.8 Å². The molecule has 12 nitrogen and oxygen atoms in total. The van der Waals surface area contributed by atoms with Crippen LogP contribution >= 0.6 is 0 Å². The van der Waals surface area contributed by atoms with Gasteiger partial charge in [-0.15, -0.1) is 6.58 Å². The maximum atomic E-state index is 15.2. The molecule has 4 aliphatic carbocycles. The fraction of sp³-hybridized carbons (Fsp3) is 0.848. The highest BCUT2D eigenvalue weighted by molar-refractivity contribution is 7.87. The van der Waals surface area contributed by atoms with Crippen molar-refractivity contribution in [1.29, 1.82) is 0 Å². The van der Waals surface area contributed by atoms with Crippen LogP contribution < -0.4 is 10.0 Å². The van der Waals surface area contributed by atoms with E-state index in [1.807, 2.05) is 13.8 Å². The van der Waals surface area contributed by atoms with Gasteiger partial charge in [0.25, 0.3) is 0 Å². The Morgan fingerprint density at radius 1 is 0.864 bits per heavy atom. The van der Waals surface area contributed by atoms with Gasteiger partial charge in [0.05, 0.1) is 23.5 Å².